The van der Waals surface area contributed by atoms with E-state index in [-0.39, 0.29) is 0 Å². The Morgan fingerprint density at radius 3 is 2.06 bits per heavy atom. The third-order valence-electron chi connectivity index (χ3n) is 5.85. The minimum absolute atomic E-state index is 0.316. The highest BCUT2D eigenvalue weighted by Crippen LogP contribution is 2.63. The fraction of sp³-hybridized carbons (Fsp3) is 0.812. The molecule has 0 saturated heterocycles. The largest absolute Gasteiger partial charge is 0.481 e. The summed E-state index contributed by atoms with van der Waals surface area (Å²) < 4.78 is 0. The predicted octanol–water partition coefficient (Wildman–Crippen LogP) is 3.87. The zero-order valence-electron chi connectivity index (χ0n) is 11.3. The van der Waals surface area contributed by atoms with Gasteiger partial charge in [-0.15, -0.1) is 6.58 Å². The monoisotopic (exact) mass is 248 g/mol. The second kappa shape index (κ2) is 3.85. The molecule has 0 amide bonds. The van der Waals surface area contributed by atoms with Gasteiger partial charge in [-0.3, -0.25) is 4.79 Å². The molecule has 4 aliphatic rings. The quantitative estimate of drug-likeness (QED) is 0.767. The standard InChI is InChI=1S/C16H24O2/c1-3-15(2,14(17)18)10-16-7-11-4-12(8-16)6-13(5-11)9-16/h3,11-13H,1,4-10H2,2H3,(H,17,18). The van der Waals surface area contributed by atoms with Crippen molar-refractivity contribution in [3.05, 3.63) is 12.7 Å². The first-order valence-electron chi connectivity index (χ1n) is 7.32. The van der Waals surface area contributed by atoms with Crippen LogP contribution in [0.1, 0.15) is 51.9 Å². The summed E-state index contributed by atoms with van der Waals surface area (Å²) in [5.74, 6) is 1.96. The molecule has 4 saturated carbocycles. The van der Waals surface area contributed by atoms with Gasteiger partial charge in [0.05, 0.1) is 5.41 Å². The number of aliphatic carboxylic acids is 1. The molecule has 2 heteroatoms. The van der Waals surface area contributed by atoms with E-state index in [1.54, 1.807) is 6.08 Å². The summed E-state index contributed by atoms with van der Waals surface area (Å²) in [6.07, 6.45) is 10.5. The van der Waals surface area contributed by atoms with Crippen molar-refractivity contribution in [3.8, 4) is 0 Å². The van der Waals surface area contributed by atoms with Gasteiger partial charge in [0.1, 0.15) is 0 Å². The Kier molecular flexibility index (Phi) is 2.62. The van der Waals surface area contributed by atoms with Crippen molar-refractivity contribution >= 4 is 5.97 Å². The van der Waals surface area contributed by atoms with Crippen molar-refractivity contribution < 1.29 is 9.90 Å². The maximum absolute atomic E-state index is 11.5. The van der Waals surface area contributed by atoms with Crippen molar-refractivity contribution in [1.82, 2.24) is 0 Å². The molecular weight excluding hydrogens is 224 g/mol. The summed E-state index contributed by atoms with van der Waals surface area (Å²) >= 11 is 0. The fourth-order valence-electron chi connectivity index (χ4n) is 5.52. The second-order valence-electron chi connectivity index (χ2n) is 7.52. The van der Waals surface area contributed by atoms with E-state index in [4.69, 9.17) is 0 Å². The van der Waals surface area contributed by atoms with Gasteiger partial charge in [-0.05, 0) is 75.0 Å². The molecule has 0 aromatic rings. The normalized spacial score (nSPS) is 44.6. The first-order valence-corrected chi connectivity index (χ1v) is 7.32. The van der Waals surface area contributed by atoms with Crippen LogP contribution in [0.3, 0.4) is 0 Å². The number of hydrogen-bond acceptors (Lipinski definition) is 1. The van der Waals surface area contributed by atoms with E-state index in [2.05, 4.69) is 6.58 Å². The summed E-state index contributed by atoms with van der Waals surface area (Å²) in [7, 11) is 0. The number of carbonyl (C=O) groups is 1. The molecule has 4 aliphatic carbocycles. The number of carboxylic acids is 1. The molecule has 1 N–H and O–H groups in total. The van der Waals surface area contributed by atoms with E-state index in [0.29, 0.717) is 5.41 Å². The van der Waals surface area contributed by atoms with Crippen LogP contribution in [0.25, 0.3) is 0 Å². The molecule has 1 unspecified atom stereocenters. The van der Waals surface area contributed by atoms with E-state index in [0.717, 1.165) is 24.2 Å². The summed E-state index contributed by atoms with van der Waals surface area (Å²) in [6, 6.07) is 0. The van der Waals surface area contributed by atoms with Crippen molar-refractivity contribution in [2.75, 3.05) is 0 Å². The van der Waals surface area contributed by atoms with Gasteiger partial charge in [-0.2, -0.15) is 0 Å². The van der Waals surface area contributed by atoms with Gasteiger partial charge in [0.15, 0.2) is 0 Å². The maximum atomic E-state index is 11.5. The topological polar surface area (TPSA) is 37.3 Å². The Morgan fingerprint density at radius 1 is 1.28 bits per heavy atom. The molecule has 0 radical (unpaired) electrons. The van der Waals surface area contributed by atoms with Crippen LogP contribution in [-0.2, 0) is 4.79 Å². The van der Waals surface area contributed by atoms with Crippen LogP contribution in [0.5, 0.6) is 0 Å². The van der Waals surface area contributed by atoms with E-state index in [1.165, 1.54) is 38.5 Å². The van der Waals surface area contributed by atoms with Gasteiger partial charge in [0.25, 0.3) is 0 Å². The number of hydrogen-bond donors (Lipinski definition) is 1. The third-order valence-corrected chi connectivity index (χ3v) is 5.85. The molecule has 4 bridgehead atoms. The Labute approximate surface area is 109 Å². The van der Waals surface area contributed by atoms with Crippen LogP contribution in [0.15, 0.2) is 12.7 Å². The van der Waals surface area contributed by atoms with Crippen LogP contribution in [-0.4, -0.2) is 11.1 Å². The Morgan fingerprint density at radius 2 is 1.72 bits per heavy atom. The van der Waals surface area contributed by atoms with Crippen LogP contribution in [0.2, 0.25) is 0 Å². The molecule has 100 valence electrons. The van der Waals surface area contributed by atoms with E-state index >= 15 is 0 Å². The average molecular weight is 248 g/mol. The van der Waals surface area contributed by atoms with Crippen molar-refractivity contribution in [2.45, 2.75) is 51.9 Å². The molecule has 2 nitrogen and oxygen atoms in total. The van der Waals surface area contributed by atoms with Gasteiger partial charge in [-0.25, -0.2) is 0 Å². The highest BCUT2D eigenvalue weighted by Gasteiger charge is 2.53. The molecule has 0 aliphatic heterocycles. The zero-order valence-corrected chi connectivity index (χ0v) is 11.3. The second-order valence-corrected chi connectivity index (χ2v) is 7.52. The lowest BCUT2D eigenvalue weighted by molar-refractivity contribution is -0.150. The number of rotatable bonds is 4. The lowest BCUT2D eigenvalue weighted by Crippen LogP contribution is -2.48. The van der Waals surface area contributed by atoms with E-state index in [1.807, 2.05) is 6.92 Å². The lowest BCUT2D eigenvalue weighted by Gasteiger charge is -2.58. The average Bonchev–Trinajstić information content (AvgIpc) is 2.25. The summed E-state index contributed by atoms with van der Waals surface area (Å²) in [6.45, 7) is 5.62. The molecule has 18 heavy (non-hydrogen) atoms. The fourth-order valence-corrected chi connectivity index (χ4v) is 5.52. The Balaban J connectivity index is 1.83. The first-order chi connectivity index (χ1) is 8.45. The van der Waals surface area contributed by atoms with Crippen molar-refractivity contribution in [2.24, 2.45) is 28.6 Å². The molecular formula is C16H24O2. The minimum atomic E-state index is -0.730. The molecule has 0 spiro atoms. The van der Waals surface area contributed by atoms with E-state index < -0.39 is 11.4 Å². The minimum Gasteiger partial charge on any atom is -0.481 e. The van der Waals surface area contributed by atoms with Gasteiger partial charge in [0.2, 0.25) is 0 Å². The van der Waals surface area contributed by atoms with Crippen LogP contribution < -0.4 is 0 Å². The molecule has 0 heterocycles. The molecule has 4 rings (SSSR count). The van der Waals surface area contributed by atoms with Gasteiger partial charge >= 0.3 is 5.97 Å². The van der Waals surface area contributed by atoms with Crippen LogP contribution in [0.4, 0.5) is 0 Å². The van der Waals surface area contributed by atoms with Gasteiger partial charge in [-0.1, -0.05) is 6.08 Å². The predicted molar refractivity (Wildman–Crippen MR) is 71.2 cm³/mol. The first kappa shape index (κ1) is 12.3. The zero-order chi connectivity index (χ0) is 13.0. The lowest BCUT2D eigenvalue weighted by atomic mass is 9.47. The summed E-state index contributed by atoms with van der Waals surface area (Å²) in [5.41, 5.74) is -0.415. The molecule has 4 fully saturated rings. The Bertz CT molecular complexity index is 349. The third kappa shape index (κ3) is 1.81. The summed E-state index contributed by atoms with van der Waals surface area (Å²) in [4.78, 5) is 11.5. The SMILES string of the molecule is C=CC(C)(CC12CC3CC(CC(C3)C1)C2)C(=O)O. The smallest absolute Gasteiger partial charge is 0.313 e. The highest BCUT2D eigenvalue weighted by atomic mass is 16.4. The highest BCUT2D eigenvalue weighted by molar-refractivity contribution is 5.76. The Hall–Kier alpha value is -0.790. The molecule has 1 atom stereocenters. The van der Waals surface area contributed by atoms with Gasteiger partial charge < -0.3 is 5.11 Å². The van der Waals surface area contributed by atoms with Crippen LogP contribution in [0, 0.1) is 28.6 Å². The molecule has 0 aromatic heterocycles. The molecule has 0 aromatic carbocycles. The van der Waals surface area contributed by atoms with Crippen molar-refractivity contribution in [3.63, 3.8) is 0 Å². The summed E-state index contributed by atoms with van der Waals surface area (Å²) in [5, 5.41) is 9.46. The maximum Gasteiger partial charge on any atom is 0.313 e. The number of carboxylic acid groups (broad SMARTS) is 1. The van der Waals surface area contributed by atoms with Gasteiger partial charge in [0, 0.05) is 0 Å². The van der Waals surface area contributed by atoms with Crippen molar-refractivity contribution in [1.29, 1.82) is 0 Å². The van der Waals surface area contributed by atoms with Crippen LogP contribution >= 0.6 is 0 Å². The van der Waals surface area contributed by atoms with E-state index in [9.17, 15) is 9.90 Å².